The molecule has 0 spiro atoms. The predicted octanol–water partition coefficient (Wildman–Crippen LogP) is 5.79. The Balaban J connectivity index is 2.07. The summed E-state index contributed by atoms with van der Waals surface area (Å²) in [5, 5.41) is 13.4. The maximum atomic E-state index is 10.0. The first-order valence-electron chi connectivity index (χ1n) is 6.26. The summed E-state index contributed by atoms with van der Waals surface area (Å²) in [6.45, 7) is 2.06. The normalized spacial score (nSPS) is 11.6. The maximum Gasteiger partial charge on any atom is 0.160 e. The first kappa shape index (κ1) is 14.4. The summed E-state index contributed by atoms with van der Waals surface area (Å²) in [6.07, 6.45) is 3.92. The van der Waals surface area contributed by atoms with Crippen LogP contribution in [-0.2, 0) is 0 Å². The van der Waals surface area contributed by atoms with Crippen LogP contribution in [0.3, 0.4) is 0 Å². The van der Waals surface area contributed by atoms with Gasteiger partial charge in [-0.3, -0.25) is 0 Å². The van der Waals surface area contributed by atoms with Gasteiger partial charge >= 0.3 is 0 Å². The highest BCUT2D eigenvalue weighted by Gasteiger charge is 2.10. The number of rotatable bonds is 2. The van der Waals surface area contributed by atoms with Crippen LogP contribution in [0.4, 0.5) is 0 Å². The first-order chi connectivity index (χ1) is 10.1. The monoisotopic (exact) mass is 335 g/mol. The highest BCUT2D eigenvalue weighted by atomic mass is 35.5. The van der Waals surface area contributed by atoms with Crippen molar-refractivity contribution in [2.75, 3.05) is 0 Å². The zero-order valence-corrected chi connectivity index (χ0v) is 13.4. The van der Waals surface area contributed by atoms with Crippen molar-refractivity contribution in [3.8, 4) is 5.75 Å². The van der Waals surface area contributed by atoms with E-state index in [9.17, 15) is 5.11 Å². The smallest absolute Gasteiger partial charge is 0.160 e. The van der Waals surface area contributed by atoms with Crippen LogP contribution in [0.5, 0.6) is 5.75 Å². The van der Waals surface area contributed by atoms with Gasteiger partial charge in [-0.05, 0) is 54.3 Å². The molecule has 0 saturated heterocycles. The quantitative estimate of drug-likeness (QED) is 0.643. The van der Waals surface area contributed by atoms with Gasteiger partial charge < -0.3 is 5.11 Å². The summed E-state index contributed by atoms with van der Waals surface area (Å²) >= 11 is 13.7. The molecule has 0 amide bonds. The Morgan fingerprint density at radius 3 is 2.67 bits per heavy atom. The van der Waals surface area contributed by atoms with Crippen molar-refractivity contribution in [1.82, 2.24) is 4.98 Å². The minimum Gasteiger partial charge on any atom is -0.504 e. The Morgan fingerprint density at radius 2 is 1.95 bits per heavy atom. The lowest BCUT2D eigenvalue weighted by atomic mass is 10.1. The van der Waals surface area contributed by atoms with Gasteiger partial charge in [-0.25, -0.2) is 4.98 Å². The molecule has 0 aliphatic carbocycles. The van der Waals surface area contributed by atoms with Gasteiger partial charge in [0, 0.05) is 10.3 Å². The fourth-order valence-corrected chi connectivity index (χ4v) is 3.36. The molecule has 0 aliphatic rings. The number of aromatic nitrogens is 1. The Kier molecular flexibility index (Phi) is 3.89. The minimum atomic E-state index is -0.0429. The summed E-state index contributed by atoms with van der Waals surface area (Å²) in [4.78, 5) is 5.61. The van der Waals surface area contributed by atoms with Gasteiger partial charge in [-0.15, -0.1) is 11.3 Å². The number of hydrogen-bond donors (Lipinski definition) is 1. The molecular formula is C16H11Cl2NOS. The summed E-state index contributed by atoms with van der Waals surface area (Å²) in [5.41, 5.74) is 2.38. The molecule has 0 aliphatic heterocycles. The molecule has 0 radical (unpaired) electrons. The van der Waals surface area contributed by atoms with Crippen molar-refractivity contribution in [1.29, 1.82) is 0 Å². The van der Waals surface area contributed by atoms with Crippen LogP contribution in [0.15, 0.2) is 29.6 Å². The van der Waals surface area contributed by atoms with Gasteiger partial charge in [0.15, 0.2) is 5.75 Å². The van der Waals surface area contributed by atoms with E-state index < -0.39 is 0 Å². The lowest BCUT2D eigenvalue weighted by molar-refractivity contribution is 0.480. The number of pyridine rings is 1. The molecule has 2 nitrogen and oxygen atoms in total. The van der Waals surface area contributed by atoms with Crippen LogP contribution in [0, 0.1) is 6.92 Å². The minimum absolute atomic E-state index is 0.0429. The third-order valence-corrected chi connectivity index (χ3v) is 4.77. The number of benzene rings is 1. The van der Waals surface area contributed by atoms with E-state index in [2.05, 4.69) is 18.0 Å². The van der Waals surface area contributed by atoms with Crippen molar-refractivity contribution in [2.24, 2.45) is 0 Å². The Labute approximate surface area is 136 Å². The van der Waals surface area contributed by atoms with E-state index in [1.165, 1.54) is 16.5 Å². The summed E-state index contributed by atoms with van der Waals surface area (Å²) in [6, 6.07) is 7.29. The zero-order valence-electron chi connectivity index (χ0n) is 11.1. The van der Waals surface area contributed by atoms with Crippen LogP contribution in [-0.4, -0.2) is 10.1 Å². The average molecular weight is 336 g/mol. The van der Waals surface area contributed by atoms with Crippen molar-refractivity contribution < 1.29 is 5.11 Å². The molecule has 3 aromatic rings. The molecule has 106 valence electrons. The molecule has 21 heavy (non-hydrogen) atoms. The van der Waals surface area contributed by atoms with E-state index in [4.69, 9.17) is 23.2 Å². The van der Waals surface area contributed by atoms with Crippen LogP contribution in [0.25, 0.3) is 23.1 Å². The number of aryl methyl sites for hydroxylation is 1. The number of phenols is 1. The van der Waals surface area contributed by atoms with Crippen molar-refractivity contribution in [2.45, 2.75) is 6.92 Å². The second-order valence-electron chi connectivity index (χ2n) is 4.62. The molecule has 3 rings (SSSR count). The molecule has 0 atom stereocenters. The summed E-state index contributed by atoms with van der Waals surface area (Å²) in [5.74, 6) is -0.0429. The molecule has 0 fully saturated rings. The second-order valence-corrected chi connectivity index (χ2v) is 6.38. The molecule has 5 heteroatoms. The van der Waals surface area contributed by atoms with Gasteiger partial charge in [-0.1, -0.05) is 23.2 Å². The average Bonchev–Trinajstić information content (AvgIpc) is 2.88. The number of hydrogen-bond acceptors (Lipinski definition) is 3. The van der Waals surface area contributed by atoms with Gasteiger partial charge in [0.2, 0.25) is 0 Å². The number of aromatic hydroxyl groups is 1. The Morgan fingerprint density at radius 1 is 1.14 bits per heavy atom. The van der Waals surface area contributed by atoms with Crippen LogP contribution in [0.1, 0.15) is 16.1 Å². The van der Waals surface area contributed by atoms with Crippen molar-refractivity contribution >= 4 is 57.6 Å². The molecule has 1 aromatic carbocycles. The van der Waals surface area contributed by atoms with Gasteiger partial charge in [0.25, 0.3) is 0 Å². The van der Waals surface area contributed by atoms with E-state index in [1.807, 2.05) is 29.7 Å². The molecule has 0 unspecified atom stereocenters. The second kappa shape index (κ2) is 5.68. The molecule has 2 aromatic heterocycles. The SMILES string of the molecule is Cc1ccsc1/C=C/c1ccc2c(Cl)cc(Cl)c(O)c2n1. The van der Waals surface area contributed by atoms with Gasteiger partial charge in [-0.2, -0.15) is 0 Å². The van der Waals surface area contributed by atoms with E-state index in [0.717, 1.165) is 5.69 Å². The number of nitrogens with zero attached hydrogens (tertiary/aromatic N) is 1. The predicted molar refractivity (Wildman–Crippen MR) is 91.4 cm³/mol. The fourth-order valence-electron chi connectivity index (χ4n) is 2.03. The molecule has 0 saturated carbocycles. The number of halogens is 2. The molecular weight excluding hydrogens is 325 g/mol. The zero-order chi connectivity index (χ0) is 15.0. The van der Waals surface area contributed by atoms with Crippen LogP contribution >= 0.6 is 34.5 Å². The molecule has 0 bridgehead atoms. The van der Waals surface area contributed by atoms with E-state index in [-0.39, 0.29) is 10.8 Å². The number of fused-ring (bicyclic) bond motifs is 1. The first-order valence-corrected chi connectivity index (χ1v) is 7.89. The van der Waals surface area contributed by atoms with E-state index in [1.54, 1.807) is 11.3 Å². The lowest BCUT2D eigenvalue weighted by Gasteiger charge is -2.05. The lowest BCUT2D eigenvalue weighted by Crippen LogP contribution is -1.86. The third-order valence-electron chi connectivity index (χ3n) is 3.19. The van der Waals surface area contributed by atoms with Crippen molar-refractivity contribution in [3.63, 3.8) is 0 Å². The fraction of sp³-hybridized carbons (Fsp3) is 0.0625. The van der Waals surface area contributed by atoms with Crippen molar-refractivity contribution in [3.05, 3.63) is 55.8 Å². The summed E-state index contributed by atoms with van der Waals surface area (Å²) in [7, 11) is 0. The standard InChI is InChI=1S/C16H11Cl2NOS/c1-9-6-7-21-14(9)5-3-10-2-4-11-12(17)8-13(18)16(20)15(11)19-10/h2-8,20H,1H3/b5-3+. The topological polar surface area (TPSA) is 33.1 Å². The highest BCUT2D eigenvalue weighted by molar-refractivity contribution is 7.11. The molecule has 2 heterocycles. The number of thiophene rings is 1. The van der Waals surface area contributed by atoms with Crippen LogP contribution in [0.2, 0.25) is 10.0 Å². The third kappa shape index (κ3) is 2.77. The number of phenolic OH excluding ortho intramolecular Hbond substituents is 1. The van der Waals surface area contributed by atoms with Gasteiger partial charge in [0.05, 0.1) is 15.7 Å². The van der Waals surface area contributed by atoms with Crippen LogP contribution < -0.4 is 0 Å². The maximum absolute atomic E-state index is 10.0. The van der Waals surface area contributed by atoms with E-state index >= 15 is 0 Å². The highest BCUT2D eigenvalue weighted by Crippen LogP contribution is 2.36. The van der Waals surface area contributed by atoms with E-state index in [0.29, 0.717) is 15.9 Å². The Hall–Kier alpha value is -1.55. The largest absolute Gasteiger partial charge is 0.504 e. The Bertz CT molecular complexity index is 855. The summed E-state index contributed by atoms with van der Waals surface area (Å²) < 4.78 is 0. The molecule has 1 N–H and O–H groups in total. The van der Waals surface area contributed by atoms with Gasteiger partial charge in [0.1, 0.15) is 5.52 Å².